The highest BCUT2D eigenvalue weighted by atomic mass is 35.5. The summed E-state index contributed by atoms with van der Waals surface area (Å²) in [4.78, 5) is 0. The molecule has 1 nitrogen and oxygen atoms in total. The third kappa shape index (κ3) is 1.10. The number of hydrogen-bond donors (Lipinski definition) is 0. The largest absolute Gasteiger partial charge is 0.482 e. The van der Waals surface area contributed by atoms with E-state index in [0.29, 0.717) is 0 Å². The normalized spacial score (nSPS) is 29.4. The van der Waals surface area contributed by atoms with Crippen LogP contribution in [0.4, 0.5) is 0 Å². The molecular formula is C5H7ClO. The van der Waals surface area contributed by atoms with Gasteiger partial charge in [-0.15, -0.1) is 0 Å². The summed E-state index contributed by atoms with van der Waals surface area (Å²) in [5.74, 6) is 0. The molecule has 2 heteroatoms. The Morgan fingerprint density at radius 2 is 2.71 bits per heavy atom. The molecule has 1 rings (SSSR count). The molecule has 1 aliphatic rings. The zero-order chi connectivity index (χ0) is 5.28. The summed E-state index contributed by atoms with van der Waals surface area (Å²) in [6.07, 6.45) is 2.58. The van der Waals surface area contributed by atoms with Gasteiger partial charge in [0.05, 0.1) is 6.26 Å². The van der Waals surface area contributed by atoms with Crippen molar-refractivity contribution in [2.45, 2.75) is 18.9 Å². The van der Waals surface area contributed by atoms with Gasteiger partial charge in [-0.25, -0.2) is 0 Å². The van der Waals surface area contributed by atoms with Crippen molar-refractivity contribution in [3.8, 4) is 0 Å². The van der Waals surface area contributed by atoms with Crippen molar-refractivity contribution < 1.29 is 4.74 Å². The van der Waals surface area contributed by atoms with E-state index in [4.69, 9.17) is 16.3 Å². The summed E-state index contributed by atoms with van der Waals surface area (Å²) in [7, 11) is 0. The van der Waals surface area contributed by atoms with Crippen LogP contribution in [0.15, 0.2) is 11.8 Å². The van der Waals surface area contributed by atoms with Crippen LogP contribution in [0, 0.1) is 0 Å². The van der Waals surface area contributed by atoms with Crippen molar-refractivity contribution in [3.63, 3.8) is 0 Å². The molecule has 0 radical (unpaired) electrons. The average molecular weight is 119 g/mol. The van der Waals surface area contributed by atoms with Crippen LogP contribution >= 0.6 is 11.6 Å². The van der Waals surface area contributed by atoms with E-state index in [2.05, 4.69) is 0 Å². The zero-order valence-electron chi connectivity index (χ0n) is 4.15. The van der Waals surface area contributed by atoms with E-state index in [0.717, 1.165) is 6.42 Å². The molecule has 1 unspecified atom stereocenters. The maximum absolute atomic E-state index is 5.53. The van der Waals surface area contributed by atoms with E-state index < -0.39 is 0 Å². The number of halogens is 1. The molecule has 0 amide bonds. The van der Waals surface area contributed by atoms with Crippen LogP contribution in [-0.4, -0.2) is 5.56 Å². The van der Waals surface area contributed by atoms with Crippen molar-refractivity contribution in [3.05, 3.63) is 11.8 Å². The lowest BCUT2D eigenvalue weighted by atomic mass is 10.3. The summed E-state index contributed by atoms with van der Waals surface area (Å²) in [6.45, 7) is 2.00. The fourth-order valence-electron chi connectivity index (χ4n) is 0.539. The van der Waals surface area contributed by atoms with Crippen LogP contribution in [0.2, 0.25) is 0 Å². The van der Waals surface area contributed by atoms with Crippen molar-refractivity contribution in [1.29, 1.82) is 0 Å². The molecule has 0 saturated heterocycles. The van der Waals surface area contributed by atoms with Gasteiger partial charge in [0.25, 0.3) is 0 Å². The first-order valence-corrected chi connectivity index (χ1v) is 2.68. The van der Waals surface area contributed by atoms with Crippen molar-refractivity contribution in [2.75, 3.05) is 0 Å². The van der Waals surface area contributed by atoms with E-state index in [-0.39, 0.29) is 5.56 Å². The lowest BCUT2D eigenvalue weighted by Crippen LogP contribution is -1.90. The SMILES string of the molecule is CC1=COC(Cl)C1. The van der Waals surface area contributed by atoms with Gasteiger partial charge in [0.15, 0.2) is 5.56 Å². The topological polar surface area (TPSA) is 9.23 Å². The zero-order valence-corrected chi connectivity index (χ0v) is 4.90. The predicted molar refractivity (Wildman–Crippen MR) is 29.1 cm³/mol. The van der Waals surface area contributed by atoms with Crippen molar-refractivity contribution >= 4 is 11.6 Å². The average Bonchev–Trinajstić information content (AvgIpc) is 1.87. The first kappa shape index (κ1) is 4.98. The molecule has 0 saturated carbocycles. The van der Waals surface area contributed by atoms with Gasteiger partial charge in [0.2, 0.25) is 0 Å². The molecule has 40 valence electrons. The molecule has 0 aliphatic carbocycles. The van der Waals surface area contributed by atoms with Gasteiger partial charge in [-0.1, -0.05) is 11.6 Å². The highest BCUT2D eigenvalue weighted by Gasteiger charge is 2.10. The van der Waals surface area contributed by atoms with Gasteiger partial charge >= 0.3 is 0 Å². The highest BCUT2D eigenvalue weighted by molar-refractivity contribution is 6.20. The first-order chi connectivity index (χ1) is 3.29. The van der Waals surface area contributed by atoms with Crippen LogP contribution in [0.5, 0.6) is 0 Å². The first-order valence-electron chi connectivity index (χ1n) is 2.24. The number of alkyl halides is 1. The third-order valence-electron chi connectivity index (χ3n) is 0.899. The molecule has 1 heterocycles. The number of rotatable bonds is 0. The second kappa shape index (κ2) is 1.74. The van der Waals surface area contributed by atoms with E-state index in [1.807, 2.05) is 6.92 Å². The minimum Gasteiger partial charge on any atom is -0.482 e. The maximum atomic E-state index is 5.53. The fraction of sp³-hybridized carbons (Fsp3) is 0.600. The number of ether oxygens (including phenoxy) is 1. The summed E-state index contributed by atoms with van der Waals surface area (Å²) >= 11 is 5.53. The Morgan fingerprint density at radius 3 is 2.86 bits per heavy atom. The Labute approximate surface area is 47.9 Å². The second-order valence-corrected chi connectivity index (χ2v) is 2.20. The smallest absolute Gasteiger partial charge is 0.175 e. The molecule has 0 aromatic heterocycles. The Bertz CT molecular complexity index is 98.3. The molecule has 0 bridgehead atoms. The minimum atomic E-state index is -0.0972. The van der Waals surface area contributed by atoms with Crippen LogP contribution in [-0.2, 0) is 4.74 Å². The van der Waals surface area contributed by atoms with Crippen molar-refractivity contribution in [1.82, 2.24) is 0 Å². The standard InChI is InChI=1S/C5H7ClO/c1-4-2-5(6)7-3-4/h3,5H,2H2,1H3. The summed E-state index contributed by atoms with van der Waals surface area (Å²) in [5, 5.41) is 0. The van der Waals surface area contributed by atoms with E-state index in [1.54, 1.807) is 6.26 Å². The van der Waals surface area contributed by atoms with Gasteiger partial charge in [0, 0.05) is 6.42 Å². The van der Waals surface area contributed by atoms with E-state index in [9.17, 15) is 0 Å². The molecule has 0 fully saturated rings. The van der Waals surface area contributed by atoms with Gasteiger partial charge in [-0.2, -0.15) is 0 Å². The van der Waals surface area contributed by atoms with Gasteiger partial charge in [-0.05, 0) is 12.5 Å². The fourth-order valence-corrected chi connectivity index (χ4v) is 0.834. The Hall–Kier alpha value is -0.170. The second-order valence-electron chi connectivity index (χ2n) is 1.71. The highest BCUT2D eigenvalue weighted by Crippen LogP contribution is 2.18. The molecule has 1 atom stereocenters. The lowest BCUT2D eigenvalue weighted by Gasteiger charge is -1.94. The summed E-state index contributed by atoms with van der Waals surface area (Å²) in [6, 6.07) is 0. The molecule has 7 heavy (non-hydrogen) atoms. The summed E-state index contributed by atoms with van der Waals surface area (Å²) in [5.41, 5.74) is 1.12. The third-order valence-corrected chi connectivity index (χ3v) is 1.16. The van der Waals surface area contributed by atoms with Crippen molar-refractivity contribution in [2.24, 2.45) is 0 Å². The Balaban J connectivity index is 2.42. The molecular weight excluding hydrogens is 112 g/mol. The monoisotopic (exact) mass is 118 g/mol. The Morgan fingerprint density at radius 1 is 2.00 bits per heavy atom. The van der Waals surface area contributed by atoms with Crippen LogP contribution in [0.25, 0.3) is 0 Å². The quantitative estimate of drug-likeness (QED) is 0.442. The predicted octanol–water partition coefficient (Wildman–Crippen LogP) is 1.88. The Kier molecular flexibility index (Phi) is 1.24. The van der Waals surface area contributed by atoms with Crippen LogP contribution in [0.1, 0.15) is 13.3 Å². The van der Waals surface area contributed by atoms with E-state index in [1.165, 1.54) is 5.57 Å². The van der Waals surface area contributed by atoms with Gasteiger partial charge in [-0.3, -0.25) is 0 Å². The lowest BCUT2D eigenvalue weighted by molar-refractivity contribution is 0.244. The van der Waals surface area contributed by atoms with Gasteiger partial charge in [0.1, 0.15) is 0 Å². The molecule has 1 aliphatic heterocycles. The summed E-state index contributed by atoms with van der Waals surface area (Å²) < 4.78 is 4.87. The van der Waals surface area contributed by atoms with E-state index >= 15 is 0 Å². The molecule has 0 aromatic rings. The molecule has 0 spiro atoms. The number of hydrogen-bond acceptors (Lipinski definition) is 1. The van der Waals surface area contributed by atoms with Crippen LogP contribution < -0.4 is 0 Å². The van der Waals surface area contributed by atoms with Gasteiger partial charge < -0.3 is 4.74 Å². The minimum absolute atomic E-state index is 0.0972. The van der Waals surface area contributed by atoms with Crippen LogP contribution in [0.3, 0.4) is 0 Å². The molecule has 0 aromatic carbocycles. The molecule has 0 N–H and O–H groups in total. The maximum Gasteiger partial charge on any atom is 0.175 e.